The summed E-state index contributed by atoms with van der Waals surface area (Å²) in [6.45, 7) is 1.88. The maximum absolute atomic E-state index is 12.2. The molecular formula is C14H19Cl2N3O2. The van der Waals surface area contributed by atoms with Gasteiger partial charge in [0.15, 0.2) is 0 Å². The summed E-state index contributed by atoms with van der Waals surface area (Å²) in [6, 6.07) is 4.36. The Labute approximate surface area is 134 Å². The molecule has 0 saturated carbocycles. The van der Waals surface area contributed by atoms with Crippen molar-refractivity contribution >= 4 is 40.7 Å². The molecule has 1 N–H and O–H groups in total. The first-order valence-corrected chi connectivity index (χ1v) is 7.14. The van der Waals surface area contributed by atoms with Crippen LogP contribution in [-0.2, 0) is 9.59 Å². The summed E-state index contributed by atoms with van der Waals surface area (Å²) in [5.74, 6) is -0.328. The van der Waals surface area contributed by atoms with Crippen molar-refractivity contribution in [1.29, 1.82) is 0 Å². The number of hydrogen-bond acceptors (Lipinski definition) is 3. The molecule has 0 unspecified atom stereocenters. The SMILES string of the molecule is C[C@H](C(=O)Nc1cc(Cl)ccc1Cl)N(C)CC(=O)N(C)C. The first-order chi connectivity index (χ1) is 9.72. The highest BCUT2D eigenvalue weighted by Gasteiger charge is 2.21. The Kier molecular flexibility index (Phi) is 6.45. The largest absolute Gasteiger partial charge is 0.348 e. The third-order valence-electron chi connectivity index (χ3n) is 3.11. The Balaban J connectivity index is 2.70. The van der Waals surface area contributed by atoms with Crippen LogP contribution in [0, 0.1) is 0 Å². The number of hydrogen-bond donors (Lipinski definition) is 1. The second-order valence-corrected chi connectivity index (χ2v) is 5.84. The van der Waals surface area contributed by atoms with E-state index in [0.29, 0.717) is 15.7 Å². The molecule has 5 nitrogen and oxygen atoms in total. The van der Waals surface area contributed by atoms with Crippen molar-refractivity contribution < 1.29 is 9.59 Å². The van der Waals surface area contributed by atoms with Crippen molar-refractivity contribution in [3.8, 4) is 0 Å². The lowest BCUT2D eigenvalue weighted by atomic mass is 10.2. The van der Waals surface area contributed by atoms with Crippen molar-refractivity contribution in [2.24, 2.45) is 0 Å². The highest BCUT2D eigenvalue weighted by atomic mass is 35.5. The zero-order valence-corrected chi connectivity index (χ0v) is 14.0. The highest BCUT2D eigenvalue weighted by Crippen LogP contribution is 2.25. The van der Waals surface area contributed by atoms with Gasteiger partial charge in [-0.3, -0.25) is 14.5 Å². The van der Waals surface area contributed by atoms with Crippen molar-refractivity contribution in [2.45, 2.75) is 13.0 Å². The molecule has 0 saturated heterocycles. The van der Waals surface area contributed by atoms with Crippen molar-refractivity contribution in [1.82, 2.24) is 9.80 Å². The normalized spacial score (nSPS) is 12.1. The van der Waals surface area contributed by atoms with Crippen molar-refractivity contribution in [3.05, 3.63) is 28.2 Å². The molecule has 0 heterocycles. The summed E-state index contributed by atoms with van der Waals surface area (Å²) < 4.78 is 0. The van der Waals surface area contributed by atoms with Gasteiger partial charge in [0, 0.05) is 19.1 Å². The molecule has 0 bridgehead atoms. The Morgan fingerprint density at radius 3 is 2.43 bits per heavy atom. The number of anilines is 1. The average molecular weight is 332 g/mol. The fourth-order valence-electron chi connectivity index (χ4n) is 1.52. The fraction of sp³-hybridized carbons (Fsp3) is 0.429. The minimum absolute atomic E-state index is 0.0714. The van der Waals surface area contributed by atoms with Crippen LogP contribution in [0.25, 0.3) is 0 Å². The van der Waals surface area contributed by atoms with Gasteiger partial charge in [0.05, 0.1) is 23.3 Å². The summed E-state index contributed by atoms with van der Waals surface area (Å²) in [7, 11) is 5.06. The van der Waals surface area contributed by atoms with Gasteiger partial charge in [-0.05, 0) is 32.2 Å². The number of halogens is 2. The van der Waals surface area contributed by atoms with E-state index in [4.69, 9.17) is 23.2 Å². The Hall–Kier alpha value is -1.30. The molecule has 116 valence electrons. The molecule has 2 amide bonds. The number of carbonyl (C=O) groups excluding carboxylic acids is 2. The van der Waals surface area contributed by atoms with E-state index in [1.54, 1.807) is 51.2 Å². The van der Waals surface area contributed by atoms with Crippen LogP contribution in [0.5, 0.6) is 0 Å². The number of nitrogens with zero attached hydrogens (tertiary/aromatic N) is 2. The molecule has 21 heavy (non-hydrogen) atoms. The summed E-state index contributed by atoms with van der Waals surface area (Å²) >= 11 is 11.9. The third kappa shape index (κ3) is 5.19. The lowest BCUT2D eigenvalue weighted by Gasteiger charge is -2.24. The predicted molar refractivity (Wildman–Crippen MR) is 85.9 cm³/mol. The van der Waals surface area contributed by atoms with E-state index in [-0.39, 0.29) is 18.4 Å². The molecule has 0 aliphatic carbocycles. The van der Waals surface area contributed by atoms with Crippen LogP contribution < -0.4 is 5.32 Å². The van der Waals surface area contributed by atoms with Crippen LogP contribution in [0.3, 0.4) is 0 Å². The van der Waals surface area contributed by atoms with Gasteiger partial charge in [0.1, 0.15) is 0 Å². The lowest BCUT2D eigenvalue weighted by molar-refractivity contribution is -0.131. The van der Waals surface area contributed by atoms with Crippen LogP contribution in [0.15, 0.2) is 18.2 Å². The highest BCUT2D eigenvalue weighted by molar-refractivity contribution is 6.35. The van der Waals surface area contributed by atoms with Gasteiger partial charge in [-0.25, -0.2) is 0 Å². The quantitative estimate of drug-likeness (QED) is 0.900. The van der Waals surface area contributed by atoms with E-state index < -0.39 is 6.04 Å². The van der Waals surface area contributed by atoms with Crippen LogP contribution in [-0.4, -0.2) is 55.3 Å². The van der Waals surface area contributed by atoms with Gasteiger partial charge >= 0.3 is 0 Å². The summed E-state index contributed by atoms with van der Waals surface area (Å²) in [5, 5.41) is 3.61. The van der Waals surface area contributed by atoms with E-state index in [2.05, 4.69) is 5.32 Å². The predicted octanol–water partition coefficient (Wildman–Crippen LogP) is 2.34. The van der Waals surface area contributed by atoms with E-state index in [9.17, 15) is 9.59 Å². The topological polar surface area (TPSA) is 52.7 Å². The summed E-state index contributed by atoms with van der Waals surface area (Å²) in [6.07, 6.45) is 0. The molecule has 0 aliphatic heterocycles. The first-order valence-electron chi connectivity index (χ1n) is 6.38. The summed E-state index contributed by atoms with van der Waals surface area (Å²) in [4.78, 5) is 27.0. The smallest absolute Gasteiger partial charge is 0.241 e. The molecule has 0 aromatic heterocycles. The number of carbonyl (C=O) groups is 2. The van der Waals surface area contributed by atoms with Crippen molar-refractivity contribution in [3.63, 3.8) is 0 Å². The number of rotatable bonds is 5. The monoisotopic (exact) mass is 331 g/mol. The third-order valence-corrected chi connectivity index (χ3v) is 3.68. The molecule has 0 aliphatic rings. The Morgan fingerprint density at radius 2 is 1.86 bits per heavy atom. The van der Waals surface area contributed by atoms with Crippen LogP contribution in [0.2, 0.25) is 10.0 Å². The number of nitrogens with one attached hydrogen (secondary N) is 1. The zero-order chi connectivity index (χ0) is 16.2. The molecule has 7 heteroatoms. The van der Waals surface area contributed by atoms with Gasteiger partial charge in [-0.1, -0.05) is 23.2 Å². The average Bonchev–Trinajstić information content (AvgIpc) is 2.41. The second-order valence-electron chi connectivity index (χ2n) is 4.99. The van der Waals surface area contributed by atoms with Gasteiger partial charge in [0.2, 0.25) is 11.8 Å². The van der Waals surface area contributed by atoms with E-state index in [1.165, 1.54) is 4.90 Å². The maximum atomic E-state index is 12.2. The van der Waals surface area contributed by atoms with Crippen LogP contribution in [0.4, 0.5) is 5.69 Å². The van der Waals surface area contributed by atoms with Crippen molar-refractivity contribution in [2.75, 3.05) is 33.0 Å². The zero-order valence-electron chi connectivity index (χ0n) is 12.5. The van der Waals surface area contributed by atoms with Crippen LogP contribution >= 0.6 is 23.2 Å². The molecule has 0 radical (unpaired) electrons. The number of amides is 2. The van der Waals surface area contributed by atoms with E-state index >= 15 is 0 Å². The van der Waals surface area contributed by atoms with Gasteiger partial charge < -0.3 is 10.2 Å². The summed E-state index contributed by atoms with van der Waals surface area (Å²) in [5.41, 5.74) is 0.452. The van der Waals surface area contributed by atoms with Crippen LogP contribution in [0.1, 0.15) is 6.92 Å². The molecule has 1 aromatic carbocycles. The fourth-order valence-corrected chi connectivity index (χ4v) is 1.86. The minimum atomic E-state index is -0.482. The number of benzene rings is 1. The minimum Gasteiger partial charge on any atom is -0.348 e. The second kappa shape index (κ2) is 7.64. The van der Waals surface area contributed by atoms with E-state index in [0.717, 1.165) is 0 Å². The molecule has 0 spiro atoms. The van der Waals surface area contributed by atoms with E-state index in [1.807, 2.05) is 0 Å². The molecule has 1 atom stereocenters. The molecule has 1 rings (SSSR count). The maximum Gasteiger partial charge on any atom is 0.241 e. The number of likely N-dealkylation sites (N-methyl/N-ethyl adjacent to an activating group) is 2. The Morgan fingerprint density at radius 1 is 1.24 bits per heavy atom. The van der Waals surface area contributed by atoms with Gasteiger partial charge in [0.25, 0.3) is 0 Å². The standard InChI is InChI=1S/C14H19Cl2N3O2/c1-9(19(4)8-13(20)18(2)3)14(21)17-12-7-10(15)5-6-11(12)16/h5-7,9H,8H2,1-4H3,(H,17,21)/t9-/m1/s1. The Bertz CT molecular complexity index is 535. The lowest BCUT2D eigenvalue weighted by Crippen LogP contribution is -2.44. The van der Waals surface area contributed by atoms with Gasteiger partial charge in [-0.15, -0.1) is 0 Å². The molecule has 0 fully saturated rings. The molecule has 1 aromatic rings. The van der Waals surface area contributed by atoms with Gasteiger partial charge in [-0.2, -0.15) is 0 Å². The first kappa shape index (κ1) is 17.8. The molecular weight excluding hydrogens is 313 g/mol.